The molecule has 1 aliphatic carbocycles. The second kappa shape index (κ2) is 6.57. The van der Waals surface area contributed by atoms with Gasteiger partial charge in [-0.3, -0.25) is 9.59 Å². The van der Waals surface area contributed by atoms with Gasteiger partial charge < -0.3 is 4.74 Å². The second-order valence-corrected chi connectivity index (χ2v) is 7.57. The van der Waals surface area contributed by atoms with E-state index in [4.69, 9.17) is 0 Å². The summed E-state index contributed by atoms with van der Waals surface area (Å²) in [5.41, 5.74) is 1.37. The Morgan fingerprint density at radius 2 is 2.32 bits per heavy atom. The number of hydrogen-bond acceptors (Lipinski definition) is 8. The van der Waals surface area contributed by atoms with E-state index in [-0.39, 0.29) is 23.4 Å². The van der Waals surface area contributed by atoms with Crippen molar-refractivity contribution in [2.75, 3.05) is 12.9 Å². The third-order valence-corrected chi connectivity index (χ3v) is 5.90. The average molecular weight is 374 g/mol. The fraction of sp³-hybridized carbons (Fsp3) is 0.312. The Balaban J connectivity index is 1.64. The van der Waals surface area contributed by atoms with Crippen molar-refractivity contribution in [1.29, 1.82) is 0 Å². The largest absolute Gasteiger partial charge is 0.468 e. The van der Waals surface area contributed by atoms with Crippen molar-refractivity contribution in [2.45, 2.75) is 23.9 Å². The number of carbonyl (C=O) groups excluding carboxylic acids is 2. The standard InChI is InChI=1S/C16H14N4O3S2/c1-23-14(22)8-25-16-18-15-17-11-5-9(13-3-2-4-24-13)6-12(21)10(11)7-20(15)19-16/h2-4,7,9H,5-6,8H2,1H3/t9-/m1/s1. The van der Waals surface area contributed by atoms with Crippen molar-refractivity contribution >= 4 is 40.6 Å². The predicted molar refractivity (Wildman–Crippen MR) is 93.2 cm³/mol. The number of thioether (sulfide) groups is 1. The van der Waals surface area contributed by atoms with E-state index in [1.165, 1.54) is 28.3 Å². The van der Waals surface area contributed by atoms with Crippen LogP contribution in [0.3, 0.4) is 0 Å². The summed E-state index contributed by atoms with van der Waals surface area (Å²) < 4.78 is 6.11. The van der Waals surface area contributed by atoms with Gasteiger partial charge in [0.25, 0.3) is 5.78 Å². The predicted octanol–water partition coefficient (Wildman–Crippen LogP) is 2.36. The molecule has 0 aliphatic heterocycles. The molecule has 0 aromatic carbocycles. The minimum absolute atomic E-state index is 0.0771. The zero-order valence-corrected chi connectivity index (χ0v) is 15.0. The Hall–Kier alpha value is -2.26. The summed E-state index contributed by atoms with van der Waals surface area (Å²) in [6.07, 6.45) is 2.90. The lowest BCUT2D eigenvalue weighted by atomic mass is 9.86. The van der Waals surface area contributed by atoms with Gasteiger partial charge in [-0.05, 0) is 17.9 Å². The Morgan fingerprint density at radius 3 is 3.08 bits per heavy atom. The van der Waals surface area contributed by atoms with Crippen molar-refractivity contribution in [3.63, 3.8) is 0 Å². The highest BCUT2D eigenvalue weighted by Crippen LogP contribution is 2.34. The van der Waals surface area contributed by atoms with E-state index in [1.54, 1.807) is 17.5 Å². The van der Waals surface area contributed by atoms with Crippen LogP contribution < -0.4 is 0 Å². The molecule has 7 nitrogen and oxygen atoms in total. The van der Waals surface area contributed by atoms with Crippen LogP contribution in [0, 0.1) is 0 Å². The van der Waals surface area contributed by atoms with Gasteiger partial charge in [0.05, 0.1) is 24.1 Å². The van der Waals surface area contributed by atoms with Gasteiger partial charge in [0.1, 0.15) is 0 Å². The molecule has 0 N–H and O–H groups in total. The van der Waals surface area contributed by atoms with Gasteiger partial charge in [-0.1, -0.05) is 17.8 Å². The fourth-order valence-electron chi connectivity index (χ4n) is 2.83. The Morgan fingerprint density at radius 1 is 1.44 bits per heavy atom. The second-order valence-electron chi connectivity index (χ2n) is 5.65. The Bertz CT molecular complexity index is 952. The molecule has 3 aromatic rings. The number of aromatic nitrogens is 4. The van der Waals surface area contributed by atoms with E-state index in [1.807, 2.05) is 11.4 Å². The lowest BCUT2D eigenvalue weighted by Gasteiger charge is -2.21. The third-order valence-electron chi connectivity index (χ3n) is 4.06. The number of fused-ring (bicyclic) bond motifs is 2. The van der Waals surface area contributed by atoms with Gasteiger partial charge in [0.15, 0.2) is 5.78 Å². The first kappa shape index (κ1) is 16.2. The zero-order valence-electron chi connectivity index (χ0n) is 13.3. The van der Waals surface area contributed by atoms with Crippen molar-refractivity contribution in [1.82, 2.24) is 19.6 Å². The topological polar surface area (TPSA) is 86.4 Å². The fourth-order valence-corrected chi connectivity index (χ4v) is 4.32. The molecule has 3 aromatic heterocycles. The molecule has 0 saturated carbocycles. The van der Waals surface area contributed by atoms with Crippen molar-refractivity contribution < 1.29 is 14.3 Å². The number of Topliss-reactive ketones (excluding diaryl/α,β-unsaturated/α-hetero) is 1. The summed E-state index contributed by atoms with van der Waals surface area (Å²) in [6.45, 7) is 0. The number of esters is 1. The lowest BCUT2D eigenvalue weighted by Crippen LogP contribution is -2.20. The minimum atomic E-state index is -0.343. The molecule has 0 radical (unpaired) electrons. The van der Waals surface area contributed by atoms with Crippen LogP contribution in [-0.2, 0) is 16.0 Å². The first-order valence-electron chi connectivity index (χ1n) is 7.66. The monoisotopic (exact) mass is 374 g/mol. The van der Waals surface area contributed by atoms with Crippen LogP contribution >= 0.6 is 23.1 Å². The highest BCUT2D eigenvalue weighted by Gasteiger charge is 2.29. The van der Waals surface area contributed by atoms with E-state index < -0.39 is 0 Å². The summed E-state index contributed by atoms with van der Waals surface area (Å²) in [5, 5.41) is 6.73. The van der Waals surface area contributed by atoms with Crippen LogP contribution in [0.15, 0.2) is 28.9 Å². The molecule has 0 spiro atoms. The number of ether oxygens (including phenoxy) is 1. The Kier molecular flexibility index (Phi) is 4.26. The number of carbonyl (C=O) groups is 2. The molecule has 0 unspecified atom stereocenters. The van der Waals surface area contributed by atoms with Crippen LogP contribution in [0.25, 0.3) is 5.78 Å². The first-order valence-corrected chi connectivity index (χ1v) is 9.53. The van der Waals surface area contributed by atoms with E-state index in [9.17, 15) is 9.59 Å². The highest BCUT2D eigenvalue weighted by atomic mass is 32.2. The molecule has 0 saturated heterocycles. The molecular weight excluding hydrogens is 360 g/mol. The summed E-state index contributed by atoms with van der Waals surface area (Å²) >= 11 is 2.84. The van der Waals surface area contributed by atoms with Crippen LogP contribution in [0.4, 0.5) is 0 Å². The van der Waals surface area contributed by atoms with Gasteiger partial charge in [-0.25, -0.2) is 9.50 Å². The summed E-state index contributed by atoms with van der Waals surface area (Å²) in [6, 6.07) is 4.06. The molecule has 0 fully saturated rings. The zero-order chi connectivity index (χ0) is 17.4. The van der Waals surface area contributed by atoms with Crippen LogP contribution in [0.1, 0.15) is 33.3 Å². The number of methoxy groups -OCH3 is 1. The number of ketones is 1. The van der Waals surface area contributed by atoms with Crippen LogP contribution in [0.5, 0.6) is 0 Å². The first-order chi connectivity index (χ1) is 12.1. The normalized spacial score (nSPS) is 16.8. The van der Waals surface area contributed by atoms with E-state index in [2.05, 4.69) is 25.9 Å². The minimum Gasteiger partial charge on any atom is -0.468 e. The molecule has 25 heavy (non-hydrogen) atoms. The number of rotatable bonds is 4. The van der Waals surface area contributed by atoms with Gasteiger partial charge in [0, 0.05) is 23.4 Å². The maximum absolute atomic E-state index is 12.5. The maximum Gasteiger partial charge on any atom is 0.316 e. The Labute approximate surface area is 151 Å². The number of thiophene rings is 1. The summed E-state index contributed by atoms with van der Waals surface area (Å²) in [4.78, 5) is 33.8. The van der Waals surface area contributed by atoms with Crippen molar-refractivity contribution in [3.05, 3.63) is 39.8 Å². The molecule has 0 bridgehead atoms. The number of hydrogen-bond donors (Lipinski definition) is 0. The van der Waals surface area contributed by atoms with Gasteiger partial charge in [-0.2, -0.15) is 4.98 Å². The van der Waals surface area contributed by atoms with Gasteiger partial charge in [0.2, 0.25) is 5.16 Å². The highest BCUT2D eigenvalue weighted by molar-refractivity contribution is 7.99. The van der Waals surface area contributed by atoms with Crippen molar-refractivity contribution in [3.8, 4) is 0 Å². The summed E-state index contributed by atoms with van der Waals surface area (Å²) in [5.74, 6) is 0.474. The molecule has 1 atom stereocenters. The SMILES string of the molecule is COC(=O)CSc1nc2nc3c(cn2n1)C(=O)C[C@H](c1cccs1)C3. The van der Waals surface area contributed by atoms with E-state index in [0.717, 1.165) is 12.1 Å². The molecular formula is C16H14N4O3S2. The van der Waals surface area contributed by atoms with Crippen LogP contribution in [-0.4, -0.2) is 44.2 Å². The van der Waals surface area contributed by atoms with E-state index in [0.29, 0.717) is 22.9 Å². The van der Waals surface area contributed by atoms with Crippen LogP contribution in [0.2, 0.25) is 0 Å². The quantitative estimate of drug-likeness (QED) is 0.512. The smallest absolute Gasteiger partial charge is 0.316 e. The molecule has 1 aliphatic rings. The maximum atomic E-state index is 12.5. The number of nitrogens with zero attached hydrogens (tertiary/aromatic N) is 4. The third kappa shape index (κ3) is 3.16. The molecule has 0 amide bonds. The van der Waals surface area contributed by atoms with Gasteiger partial charge in [-0.15, -0.1) is 16.4 Å². The molecule has 3 heterocycles. The average Bonchev–Trinajstić information content (AvgIpc) is 3.27. The molecule has 4 rings (SSSR count). The summed E-state index contributed by atoms with van der Waals surface area (Å²) in [7, 11) is 1.34. The van der Waals surface area contributed by atoms with Crippen molar-refractivity contribution in [2.24, 2.45) is 0 Å². The van der Waals surface area contributed by atoms with E-state index >= 15 is 0 Å². The van der Waals surface area contributed by atoms with Gasteiger partial charge >= 0.3 is 5.97 Å². The molecule has 128 valence electrons. The lowest BCUT2D eigenvalue weighted by molar-refractivity contribution is -0.137. The molecule has 9 heteroatoms.